The van der Waals surface area contributed by atoms with E-state index in [-0.39, 0.29) is 29.9 Å². The van der Waals surface area contributed by atoms with Crippen LogP contribution in [0, 0.1) is 0 Å². The van der Waals surface area contributed by atoms with Crippen LogP contribution in [0.15, 0.2) is 30.7 Å². The number of hydrogen-bond acceptors (Lipinski definition) is 11. The van der Waals surface area contributed by atoms with Gasteiger partial charge in [0.05, 0.1) is 30.0 Å². The fraction of sp³-hybridized carbons (Fsp3) is 0.519. The zero-order valence-corrected chi connectivity index (χ0v) is 24.6. The monoisotopic (exact) mass is 587 g/mol. The molecule has 222 valence electrons. The van der Waals surface area contributed by atoms with E-state index in [4.69, 9.17) is 9.47 Å². The first kappa shape index (κ1) is 28.9. The van der Waals surface area contributed by atoms with Gasteiger partial charge in [-0.3, -0.25) is 13.5 Å². The van der Waals surface area contributed by atoms with Gasteiger partial charge >= 0.3 is 12.1 Å². The predicted molar refractivity (Wildman–Crippen MR) is 157 cm³/mol. The number of nitrogens with zero attached hydrogens (tertiary/aromatic N) is 7. The molecular formula is C27H37N7O6S. The van der Waals surface area contributed by atoms with Gasteiger partial charge in [-0.2, -0.15) is 10.6 Å². The first-order valence-electron chi connectivity index (χ1n) is 13.7. The summed E-state index contributed by atoms with van der Waals surface area (Å²) in [6, 6.07) is 3.87. The minimum atomic E-state index is -2.58. The SMILES string of the molecule is CCOC(=O)c1cn2c(-c3ccc(N4CCN(C(=O)OC(C)(C)C)CC4)nc3)cnc(N3CCS(O)(O)CC3)c2n1. The highest BCUT2D eigenvalue weighted by Crippen LogP contribution is 2.41. The normalized spacial score (nSPS) is 18.3. The summed E-state index contributed by atoms with van der Waals surface area (Å²) < 4.78 is 32.6. The van der Waals surface area contributed by atoms with E-state index < -0.39 is 22.2 Å². The molecule has 14 heteroatoms. The molecule has 3 aromatic heterocycles. The summed E-state index contributed by atoms with van der Waals surface area (Å²) in [4.78, 5) is 44.7. The Morgan fingerprint density at radius 3 is 2.29 bits per heavy atom. The van der Waals surface area contributed by atoms with E-state index in [1.807, 2.05) is 37.8 Å². The number of carbonyl (C=O) groups is 2. The Bertz CT molecular complexity index is 1400. The minimum Gasteiger partial charge on any atom is -0.461 e. The van der Waals surface area contributed by atoms with E-state index in [2.05, 4.69) is 19.9 Å². The van der Waals surface area contributed by atoms with E-state index in [1.54, 1.807) is 34.8 Å². The number of aromatic nitrogens is 4. The molecule has 0 aromatic carbocycles. The van der Waals surface area contributed by atoms with Crippen molar-refractivity contribution in [2.24, 2.45) is 0 Å². The Kier molecular flexibility index (Phi) is 7.99. The van der Waals surface area contributed by atoms with Gasteiger partial charge in [-0.15, -0.1) is 0 Å². The number of fused-ring (bicyclic) bond motifs is 1. The van der Waals surface area contributed by atoms with Crippen molar-refractivity contribution in [1.29, 1.82) is 0 Å². The number of ether oxygens (including phenoxy) is 2. The topological polar surface area (TPSA) is 146 Å². The number of rotatable bonds is 5. The number of imidazole rings is 1. The van der Waals surface area contributed by atoms with E-state index in [0.29, 0.717) is 56.4 Å². The summed E-state index contributed by atoms with van der Waals surface area (Å²) in [5.41, 5.74) is 1.59. The van der Waals surface area contributed by atoms with Crippen molar-refractivity contribution < 1.29 is 28.2 Å². The van der Waals surface area contributed by atoms with Crippen LogP contribution < -0.4 is 9.80 Å². The molecule has 0 saturated carbocycles. The highest BCUT2D eigenvalue weighted by molar-refractivity contribution is 8.24. The molecule has 2 aliphatic heterocycles. The summed E-state index contributed by atoms with van der Waals surface area (Å²) in [5.74, 6) is 1.34. The van der Waals surface area contributed by atoms with Crippen molar-refractivity contribution in [3.05, 3.63) is 36.4 Å². The lowest BCUT2D eigenvalue weighted by molar-refractivity contribution is 0.0240. The van der Waals surface area contributed by atoms with Crippen LogP contribution in [0.25, 0.3) is 16.9 Å². The number of pyridine rings is 1. The van der Waals surface area contributed by atoms with E-state index in [9.17, 15) is 18.7 Å². The molecule has 2 N–H and O–H groups in total. The van der Waals surface area contributed by atoms with Gasteiger partial charge < -0.3 is 24.2 Å². The van der Waals surface area contributed by atoms with Gasteiger partial charge in [-0.25, -0.2) is 24.5 Å². The smallest absolute Gasteiger partial charge is 0.410 e. The third-order valence-electron chi connectivity index (χ3n) is 6.93. The molecule has 0 unspecified atom stereocenters. The quantitative estimate of drug-likeness (QED) is 0.422. The molecule has 13 nitrogen and oxygen atoms in total. The molecule has 5 rings (SSSR count). The van der Waals surface area contributed by atoms with Crippen molar-refractivity contribution in [3.63, 3.8) is 0 Å². The first-order chi connectivity index (χ1) is 19.4. The van der Waals surface area contributed by atoms with E-state index in [0.717, 1.165) is 11.4 Å². The van der Waals surface area contributed by atoms with Gasteiger partial charge in [0.2, 0.25) is 0 Å². The number of piperazine rings is 1. The molecule has 0 atom stereocenters. The number of amides is 1. The summed E-state index contributed by atoms with van der Waals surface area (Å²) in [6.07, 6.45) is 4.80. The Labute approximate surface area is 240 Å². The Morgan fingerprint density at radius 1 is 0.976 bits per heavy atom. The molecule has 5 heterocycles. The standard InChI is InChI=1S/C27H37N7O6S/c1-5-39-25(35)20-18-34-21(17-29-23(24(34)30-20)32-12-14-41(37,38)15-13-32)19-6-7-22(28-16-19)31-8-10-33(11-9-31)26(36)40-27(2,3)4/h6-7,16-18,37-38H,5,8-15H2,1-4H3. The third-order valence-corrected chi connectivity index (χ3v) is 8.61. The highest BCUT2D eigenvalue weighted by Gasteiger charge is 2.28. The van der Waals surface area contributed by atoms with Gasteiger partial charge in [0.15, 0.2) is 17.2 Å². The maximum atomic E-state index is 12.5. The summed E-state index contributed by atoms with van der Waals surface area (Å²) in [5, 5.41) is 0. The van der Waals surface area contributed by atoms with Crippen LogP contribution in [0.2, 0.25) is 0 Å². The molecule has 1 amide bonds. The molecule has 0 aliphatic carbocycles. The van der Waals surface area contributed by atoms with Crippen molar-refractivity contribution in [2.75, 3.05) is 67.2 Å². The van der Waals surface area contributed by atoms with Crippen molar-refractivity contribution in [1.82, 2.24) is 24.3 Å². The second kappa shape index (κ2) is 11.3. The van der Waals surface area contributed by atoms with Gasteiger partial charge in [0.1, 0.15) is 11.4 Å². The molecule has 0 spiro atoms. The predicted octanol–water partition coefficient (Wildman–Crippen LogP) is 3.60. The molecule has 2 aliphatic rings. The van der Waals surface area contributed by atoms with Crippen LogP contribution in [0.5, 0.6) is 0 Å². The molecule has 3 aromatic rings. The average molecular weight is 588 g/mol. The van der Waals surface area contributed by atoms with Gasteiger partial charge in [-0.05, 0) is 39.8 Å². The van der Waals surface area contributed by atoms with Crippen LogP contribution in [-0.4, -0.2) is 108 Å². The maximum absolute atomic E-state index is 12.5. The maximum Gasteiger partial charge on any atom is 0.410 e. The van der Waals surface area contributed by atoms with Crippen LogP contribution in [0.3, 0.4) is 0 Å². The molecule has 41 heavy (non-hydrogen) atoms. The Balaban J connectivity index is 1.37. The lowest BCUT2D eigenvalue weighted by atomic mass is 10.2. The van der Waals surface area contributed by atoms with Crippen molar-refractivity contribution in [3.8, 4) is 11.3 Å². The fourth-order valence-corrected chi connectivity index (χ4v) is 6.04. The largest absolute Gasteiger partial charge is 0.461 e. The zero-order valence-electron chi connectivity index (χ0n) is 23.8. The molecular weight excluding hydrogens is 550 g/mol. The van der Waals surface area contributed by atoms with Crippen LogP contribution in [0.1, 0.15) is 38.2 Å². The lowest BCUT2D eigenvalue weighted by Gasteiger charge is -2.41. The summed E-state index contributed by atoms with van der Waals surface area (Å²) in [6.45, 7) is 10.7. The Morgan fingerprint density at radius 2 is 1.68 bits per heavy atom. The third kappa shape index (κ3) is 6.49. The van der Waals surface area contributed by atoms with Gasteiger partial charge in [-0.1, -0.05) is 0 Å². The van der Waals surface area contributed by atoms with E-state index in [1.165, 1.54) is 0 Å². The average Bonchev–Trinajstić information content (AvgIpc) is 3.38. The molecule has 0 bridgehead atoms. The number of esters is 1. The zero-order chi connectivity index (χ0) is 29.4. The van der Waals surface area contributed by atoms with Crippen molar-refractivity contribution in [2.45, 2.75) is 33.3 Å². The van der Waals surface area contributed by atoms with Gasteiger partial charge in [0.25, 0.3) is 0 Å². The molecule has 2 saturated heterocycles. The summed E-state index contributed by atoms with van der Waals surface area (Å²) >= 11 is 0. The number of anilines is 2. The number of carbonyl (C=O) groups excluding carboxylic acids is 2. The number of hydrogen-bond donors (Lipinski definition) is 2. The van der Waals surface area contributed by atoms with Crippen LogP contribution in [0.4, 0.5) is 16.4 Å². The lowest BCUT2D eigenvalue weighted by Crippen LogP contribution is -2.50. The fourth-order valence-electron chi connectivity index (χ4n) is 4.81. The van der Waals surface area contributed by atoms with Crippen molar-refractivity contribution >= 4 is 39.9 Å². The second-order valence-corrected chi connectivity index (χ2v) is 13.5. The Hall–Kier alpha value is -3.62. The summed E-state index contributed by atoms with van der Waals surface area (Å²) in [7, 11) is -2.58. The van der Waals surface area contributed by atoms with Gasteiger partial charge in [0, 0.05) is 57.2 Å². The van der Waals surface area contributed by atoms with E-state index >= 15 is 0 Å². The first-order valence-corrected chi connectivity index (χ1v) is 15.6. The minimum absolute atomic E-state index is 0.163. The van der Waals surface area contributed by atoms with Crippen LogP contribution >= 0.6 is 10.6 Å². The highest BCUT2D eigenvalue weighted by atomic mass is 32.3. The molecule has 2 fully saturated rings. The second-order valence-electron chi connectivity index (χ2n) is 11.1. The molecule has 0 radical (unpaired) electrons. The van der Waals surface area contributed by atoms with Crippen LogP contribution in [-0.2, 0) is 9.47 Å².